The average Bonchev–Trinajstić information content (AvgIpc) is 2.28. The number of nitrogens with one attached hydrogen (secondary N) is 1. The van der Waals surface area contributed by atoms with Gasteiger partial charge in [0.1, 0.15) is 5.82 Å². The van der Waals surface area contributed by atoms with Crippen molar-refractivity contribution in [2.75, 3.05) is 13.2 Å². The average molecular weight is 340 g/mol. The summed E-state index contributed by atoms with van der Waals surface area (Å²) in [4.78, 5) is 0.0195. The number of benzene rings is 1. The predicted molar refractivity (Wildman–Crippen MR) is 70.2 cm³/mol. The minimum atomic E-state index is -3.62. The predicted octanol–water partition coefficient (Wildman–Crippen LogP) is 2.03. The van der Waals surface area contributed by atoms with E-state index >= 15 is 0 Å². The summed E-state index contributed by atoms with van der Waals surface area (Å²) in [6, 6.07) is 3.43. The van der Waals surface area contributed by atoms with Crippen LogP contribution in [-0.4, -0.2) is 26.7 Å². The van der Waals surface area contributed by atoms with Crippen molar-refractivity contribution in [1.29, 1.82) is 0 Å². The molecular formula is C11H15BrFNO3S. The summed E-state index contributed by atoms with van der Waals surface area (Å²) >= 11 is 3.02. The van der Waals surface area contributed by atoms with E-state index in [1.54, 1.807) is 0 Å². The second-order valence-corrected chi connectivity index (χ2v) is 6.35. The van der Waals surface area contributed by atoms with Crippen LogP contribution in [0.4, 0.5) is 4.39 Å². The van der Waals surface area contributed by atoms with Gasteiger partial charge in [0.2, 0.25) is 10.0 Å². The summed E-state index contributed by atoms with van der Waals surface area (Å²) in [5.74, 6) is -0.497. The Bertz CT molecular complexity index is 493. The van der Waals surface area contributed by atoms with Gasteiger partial charge in [-0.1, -0.05) is 0 Å². The van der Waals surface area contributed by atoms with E-state index in [2.05, 4.69) is 20.7 Å². The molecule has 0 aliphatic carbocycles. The maximum atomic E-state index is 12.9. The van der Waals surface area contributed by atoms with Crippen LogP contribution >= 0.6 is 15.9 Å². The molecule has 0 spiro atoms. The molecule has 0 unspecified atom stereocenters. The Labute approximate surface area is 114 Å². The molecule has 1 aromatic carbocycles. The Morgan fingerprint density at radius 2 is 2.00 bits per heavy atom. The smallest absolute Gasteiger partial charge is 0.241 e. The molecule has 7 heteroatoms. The molecule has 4 nitrogen and oxygen atoms in total. The minimum absolute atomic E-state index is 0.0195. The Morgan fingerprint density at radius 3 is 2.61 bits per heavy atom. The van der Waals surface area contributed by atoms with Crippen molar-refractivity contribution in [3.63, 3.8) is 0 Å². The first-order valence-corrected chi connectivity index (χ1v) is 7.80. The monoisotopic (exact) mass is 339 g/mol. The van der Waals surface area contributed by atoms with Gasteiger partial charge in [0, 0.05) is 17.6 Å². The fourth-order valence-corrected chi connectivity index (χ4v) is 3.51. The van der Waals surface area contributed by atoms with Crippen molar-refractivity contribution >= 4 is 26.0 Å². The van der Waals surface area contributed by atoms with Crippen LogP contribution in [0.2, 0.25) is 0 Å². The summed E-state index contributed by atoms with van der Waals surface area (Å²) in [5.41, 5.74) is 0. The summed E-state index contributed by atoms with van der Waals surface area (Å²) in [6.45, 7) is 0.405. The molecular weight excluding hydrogens is 325 g/mol. The molecule has 0 saturated heterocycles. The van der Waals surface area contributed by atoms with Crippen LogP contribution in [0.15, 0.2) is 27.6 Å². The number of aliphatic hydroxyl groups is 1. The van der Waals surface area contributed by atoms with E-state index in [4.69, 9.17) is 5.11 Å². The number of halogens is 2. The molecule has 1 aromatic rings. The Balaban J connectivity index is 2.63. The number of sulfonamides is 1. The van der Waals surface area contributed by atoms with Gasteiger partial charge < -0.3 is 5.11 Å². The fourth-order valence-electron chi connectivity index (χ4n) is 1.39. The van der Waals surface area contributed by atoms with Crippen LogP contribution < -0.4 is 4.72 Å². The van der Waals surface area contributed by atoms with E-state index in [0.29, 0.717) is 19.4 Å². The lowest BCUT2D eigenvalue weighted by atomic mass is 10.2. The summed E-state index contributed by atoms with van der Waals surface area (Å²) < 4.78 is 39.3. The van der Waals surface area contributed by atoms with E-state index in [1.807, 2.05) is 0 Å². The number of rotatable bonds is 7. The largest absolute Gasteiger partial charge is 0.396 e. The van der Waals surface area contributed by atoms with Gasteiger partial charge in [0.25, 0.3) is 0 Å². The maximum absolute atomic E-state index is 12.9. The highest BCUT2D eigenvalue weighted by atomic mass is 79.9. The van der Waals surface area contributed by atoms with E-state index in [0.717, 1.165) is 18.6 Å². The molecule has 0 aromatic heterocycles. The summed E-state index contributed by atoms with van der Waals surface area (Å²) in [7, 11) is -3.62. The topological polar surface area (TPSA) is 66.4 Å². The lowest BCUT2D eigenvalue weighted by Gasteiger charge is -2.08. The van der Waals surface area contributed by atoms with Crippen LogP contribution in [0.25, 0.3) is 0 Å². The lowest BCUT2D eigenvalue weighted by molar-refractivity contribution is 0.283. The van der Waals surface area contributed by atoms with Gasteiger partial charge in [0.05, 0.1) is 4.90 Å². The third kappa shape index (κ3) is 4.64. The molecule has 0 heterocycles. The van der Waals surface area contributed by atoms with Gasteiger partial charge in [-0.25, -0.2) is 17.5 Å². The highest BCUT2D eigenvalue weighted by Crippen LogP contribution is 2.22. The quantitative estimate of drug-likeness (QED) is 0.747. The summed E-state index contributed by atoms with van der Waals surface area (Å²) in [5, 5.41) is 8.59. The highest BCUT2D eigenvalue weighted by molar-refractivity contribution is 9.10. The summed E-state index contributed by atoms with van der Waals surface area (Å²) in [6.07, 6.45) is 2.06. The molecule has 18 heavy (non-hydrogen) atoms. The van der Waals surface area contributed by atoms with E-state index in [1.165, 1.54) is 6.07 Å². The molecule has 0 aliphatic heterocycles. The zero-order chi connectivity index (χ0) is 13.6. The first-order chi connectivity index (χ1) is 8.47. The van der Waals surface area contributed by atoms with Crippen molar-refractivity contribution < 1.29 is 17.9 Å². The van der Waals surface area contributed by atoms with Crippen molar-refractivity contribution in [2.45, 2.75) is 24.2 Å². The Morgan fingerprint density at radius 1 is 1.28 bits per heavy atom. The second-order valence-electron chi connectivity index (χ2n) is 3.76. The molecule has 0 fully saturated rings. The molecule has 0 atom stereocenters. The van der Waals surface area contributed by atoms with Crippen LogP contribution in [0, 0.1) is 5.82 Å². The normalized spacial score (nSPS) is 11.7. The number of aliphatic hydroxyl groups excluding tert-OH is 1. The van der Waals surface area contributed by atoms with E-state index in [9.17, 15) is 12.8 Å². The van der Waals surface area contributed by atoms with Gasteiger partial charge in [0.15, 0.2) is 0 Å². The Kier molecular flexibility index (Phi) is 6.20. The molecule has 0 radical (unpaired) electrons. The molecule has 1 rings (SSSR count). The van der Waals surface area contributed by atoms with Crippen molar-refractivity contribution in [1.82, 2.24) is 4.72 Å². The van der Waals surface area contributed by atoms with Crippen LogP contribution in [0.5, 0.6) is 0 Å². The number of hydrogen-bond acceptors (Lipinski definition) is 3. The fraction of sp³-hybridized carbons (Fsp3) is 0.455. The van der Waals surface area contributed by atoms with E-state index < -0.39 is 15.8 Å². The van der Waals surface area contributed by atoms with Gasteiger partial charge in [-0.2, -0.15) is 0 Å². The Hall–Kier alpha value is -0.500. The van der Waals surface area contributed by atoms with Crippen molar-refractivity contribution in [3.8, 4) is 0 Å². The maximum Gasteiger partial charge on any atom is 0.241 e. The lowest BCUT2D eigenvalue weighted by Crippen LogP contribution is -2.25. The van der Waals surface area contributed by atoms with Crippen LogP contribution in [-0.2, 0) is 10.0 Å². The number of unbranched alkanes of at least 4 members (excludes halogenated alkanes) is 2. The van der Waals surface area contributed by atoms with Crippen LogP contribution in [0.3, 0.4) is 0 Å². The molecule has 0 amide bonds. The molecule has 102 valence electrons. The highest BCUT2D eigenvalue weighted by Gasteiger charge is 2.17. The first-order valence-electron chi connectivity index (χ1n) is 5.53. The minimum Gasteiger partial charge on any atom is -0.396 e. The molecule has 0 aliphatic rings. The van der Waals surface area contributed by atoms with Crippen molar-refractivity contribution in [3.05, 3.63) is 28.5 Å². The first kappa shape index (κ1) is 15.6. The van der Waals surface area contributed by atoms with Crippen LogP contribution in [0.1, 0.15) is 19.3 Å². The van der Waals surface area contributed by atoms with Gasteiger partial charge >= 0.3 is 0 Å². The third-order valence-corrected chi connectivity index (χ3v) is 4.75. The van der Waals surface area contributed by atoms with Crippen molar-refractivity contribution in [2.24, 2.45) is 0 Å². The standard InChI is InChI=1S/C11H15BrFNO3S/c12-10-8-9(13)4-5-11(10)18(16,17)14-6-2-1-3-7-15/h4-5,8,14-15H,1-3,6-7H2. The van der Waals surface area contributed by atoms with Gasteiger partial charge in [-0.3, -0.25) is 0 Å². The number of hydrogen-bond donors (Lipinski definition) is 2. The zero-order valence-corrected chi connectivity index (χ0v) is 12.1. The SMILES string of the molecule is O=S(=O)(NCCCCCO)c1ccc(F)cc1Br. The van der Waals surface area contributed by atoms with Gasteiger partial charge in [-0.05, 0) is 53.4 Å². The molecule has 0 saturated carbocycles. The molecule has 0 bridgehead atoms. The third-order valence-electron chi connectivity index (χ3n) is 2.31. The van der Waals surface area contributed by atoms with E-state index in [-0.39, 0.29) is 16.0 Å². The van der Waals surface area contributed by atoms with Gasteiger partial charge in [-0.15, -0.1) is 0 Å². The molecule has 2 N–H and O–H groups in total. The zero-order valence-electron chi connectivity index (χ0n) is 9.70. The second kappa shape index (κ2) is 7.18.